The molecule has 1 aromatic heterocycles. The van der Waals surface area contributed by atoms with Crippen LogP contribution in [0.5, 0.6) is 11.5 Å². The number of aryl methyl sites for hydroxylation is 2. The van der Waals surface area contributed by atoms with Crippen LogP contribution in [0, 0.1) is 13.8 Å². The molecule has 0 aliphatic heterocycles. The summed E-state index contributed by atoms with van der Waals surface area (Å²) < 4.78 is 11.6. The SMILES string of the molecule is CCOc1cc(/C=N\NC(=O)Cc2c(C)[nH]c(=O)[nH]c2=O)ccc1OCc1ccc(C)cc1. The molecule has 3 N–H and O–H groups in total. The van der Waals surface area contributed by atoms with Gasteiger partial charge in [0.1, 0.15) is 6.61 Å². The number of hydrogen-bond donors (Lipinski definition) is 3. The first kappa shape index (κ1) is 23.5. The van der Waals surface area contributed by atoms with Crippen LogP contribution >= 0.6 is 0 Å². The van der Waals surface area contributed by atoms with Crippen LogP contribution in [-0.2, 0) is 17.8 Å². The average molecular weight is 450 g/mol. The molecule has 0 spiro atoms. The van der Waals surface area contributed by atoms with Crippen molar-refractivity contribution in [1.29, 1.82) is 0 Å². The zero-order chi connectivity index (χ0) is 23.8. The van der Waals surface area contributed by atoms with Crippen molar-refractivity contribution in [3.8, 4) is 11.5 Å². The molecule has 172 valence electrons. The minimum Gasteiger partial charge on any atom is -0.490 e. The van der Waals surface area contributed by atoms with E-state index in [1.165, 1.54) is 11.8 Å². The van der Waals surface area contributed by atoms with Crippen LogP contribution in [0.15, 0.2) is 57.2 Å². The summed E-state index contributed by atoms with van der Waals surface area (Å²) in [6.07, 6.45) is 1.25. The van der Waals surface area contributed by atoms with E-state index < -0.39 is 17.2 Å². The van der Waals surface area contributed by atoms with Gasteiger partial charge in [0.2, 0.25) is 5.91 Å². The van der Waals surface area contributed by atoms with E-state index >= 15 is 0 Å². The molecule has 2 aromatic carbocycles. The first-order valence-electron chi connectivity index (χ1n) is 10.4. The number of ether oxygens (including phenoxy) is 2. The van der Waals surface area contributed by atoms with Gasteiger partial charge in [0, 0.05) is 11.3 Å². The number of aromatic nitrogens is 2. The largest absolute Gasteiger partial charge is 0.490 e. The van der Waals surface area contributed by atoms with Crippen LogP contribution in [0.2, 0.25) is 0 Å². The van der Waals surface area contributed by atoms with Crippen molar-refractivity contribution in [2.24, 2.45) is 5.10 Å². The maximum atomic E-state index is 12.1. The predicted molar refractivity (Wildman–Crippen MR) is 125 cm³/mol. The van der Waals surface area contributed by atoms with Gasteiger partial charge in [-0.15, -0.1) is 0 Å². The molecule has 9 nitrogen and oxygen atoms in total. The van der Waals surface area contributed by atoms with Crippen molar-refractivity contribution in [1.82, 2.24) is 15.4 Å². The Morgan fingerprint density at radius 3 is 2.48 bits per heavy atom. The van der Waals surface area contributed by atoms with E-state index in [2.05, 4.69) is 20.5 Å². The summed E-state index contributed by atoms with van der Waals surface area (Å²) in [6.45, 7) is 6.34. The number of benzene rings is 2. The average Bonchev–Trinajstić information content (AvgIpc) is 2.77. The van der Waals surface area contributed by atoms with E-state index in [4.69, 9.17) is 9.47 Å². The normalized spacial score (nSPS) is 10.9. The van der Waals surface area contributed by atoms with Gasteiger partial charge in [0.25, 0.3) is 5.56 Å². The number of carbonyl (C=O) groups excluding carboxylic acids is 1. The molecule has 0 radical (unpaired) electrons. The number of H-pyrrole nitrogens is 2. The number of aromatic amines is 2. The molecule has 0 fully saturated rings. The van der Waals surface area contributed by atoms with Gasteiger partial charge in [-0.2, -0.15) is 5.10 Å². The Kier molecular flexibility index (Phi) is 7.80. The number of amides is 1. The summed E-state index contributed by atoms with van der Waals surface area (Å²) >= 11 is 0. The van der Waals surface area contributed by atoms with E-state index in [1.54, 1.807) is 25.1 Å². The van der Waals surface area contributed by atoms with Crippen molar-refractivity contribution in [2.45, 2.75) is 33.8 Å². The standard InChI is InChI=1S/C24H26N4O5/c1-4-32-21-11-18(9-10-20(21)33-14-17-7-5-15(2)6-8-17)13-25-28-22(29)12-19-16(3)26-24(31)27-23(19)30/h5-11,13H,4,12,14H2,1-3H3,(H,28,29)(H2,26,27,30,31)/b25-13-. The van der Waals surface area contributed by atoms with Crippen molar-refractivity contribution in [3.05, 3.63) is 91.3 Å². The lowest BCUT2D eigenvalue weighted by molar-refractivity contribution is -0.120. The fourth-order valence-corrected chi connectivity index (χ4v) is 3.06. The Labute approximate surface area is 190 Å². The second kappa shape index (κ2) is 10.9. The first-order chi connectivity index (χ1) is 15.9. The van der Waals surface area contributed by atoms with E-state index in [-0.39, 0.29) is 12.0 Å². The number of carbonyl (C=O) groups is 1. The monoisotopic (exact) mass is 450 g/mol. The van der Waals surface area contributed by atoms with Crippen LogP contribution in [0.1, 0.15) is 34.9 Å². The zero-order valence-electron chi connectivity index (χ0n) is 18.7. The quantitative estimate of drug-likeness (QED) is 0.341. The maximum Gasteiger partial charge on any atom is 0.325 e. The van der Waals surface area contributed by atoms with Gasteiger partial charge in [-0.1, -0.05) is 29.8 Å². The molecule has 1 heterocycles. The van der Waals surface area contributed by atoms with Crippen molar-refractivity contribution in [2.75, 3.05) is 6.61 Å². The highest BCUT2D eigenvalue weighted by molar-refractivity contribution is 5.84. The Morgan fingerprint density at radius 1 is 1.03 bits per heavy atom. The minimum atomic E-state index is -0.615. The summed E-state index contributed by atoms with van der Waals surface area (Å²) in [7, 11) is 0. The lowest BCUT2D eigenvalue weighted by Gasteiger charge is -2.12. The van der Waals surface area contributed by atoms with Crippen LogP contribution < -0.4 is 26.1 Å². The van der Waals surface area contributed by atoms with Gasteiger partial charge in [0.15, 0.2) is 11.5 Å². The fraction of sp³-hybridized carbons (Fsp3) is 0.250. The second-order valence-electron chi connectivity index (χ2n) is 7.40. The summed E-state index contributed by atoms with van der Waals surface area (Å²) in [6, 6.07) is 13.4. The highest BCUT2D eigenvalue weighted by Gasteiger charge is 2.11. The molecule has 33 heavy (non-hydrogen) atoms. The van der Waals surface area contributed by atoms with Gasteiger partial charge < -0.3 is 14.5 Å². The Bertz CT molecular complexity index is 1260. The fourth-order valence-electron chi connectivity index (χ4n) is 3.06. The molecular formula is C24H26N4O5. The topological polar surface area (TPSA) is 126 Å². The van der Waals surface area contributed by atoms with Gasteiger partial charge in [0.05, 0.1) is 19.2 Å². The van der Waals surface area contributed by atoms with Gasteiger partial charge in [-0.3, -0.25) is 14.6 Å². The van der Waals surface area contributed by atoms with E-state index in [1.807, 2.05) is 38.1 Å². The van der Waals surface area contributed by atoms with Crippen LogP contribution in [0.25, 0.3) is 0 Å². The maximum absolute atomic E-state index is 12.1. The Balaban J connectivity index is 1.63. The third-order valence-electron chi connectivity index (χ3n) is 4.78. The van der Waals surface area contributed by atoms with Crippen molar-refractivity contribution in [3.63, 3.8) is 0 Å². The minimum absolute atomic E-state index is 0.177. The molecule has 3 rings (SSSR count). The molecule has 0 saturated carbocycles. The summed E-state index contributed by atoms with van der Waals surface area (Å²) in [5.74, 6) is 0.677. The summed E-state index contributed by atoms with van der Waals surface area (Å²) in [4.78, 5) is 39.8. The molecule has 0 aliphatic carbocycles. The highest BCUT2D eigenvalue weighted by Crippen LogP contribution is 2.29. The van der Waals surface area contributed by atoms with E-state index in [9.17, 15) is 14.4 Å². The zero-order valence-corrected chi connectivity index (χ0v) is 18.7. The predicted octanol–water partition coefficient (Wildman–Crippen LogP) is 2.35. The number of hydrogen-bond acceptors (Lipinski definition) is 6. The number of nitrogens with zero attached hydrogens (tertiary/aromatic N) is 1. The number of hydrazone groups is 1. The van der Waals surface area contributed by atoms with Crippen LogP contribution in [-0.4, -0.2) is 28.7 Å². The number of rotatable bonds is 9. The van der Waals surface area contributed by atoms with Gasteiger partial charge in [-0.25, -0.2) is 10.2 Å². The van der Waals surface area contributed by atoms with Crippen molar-refractivity contribution >= 4 is 12.1 Å². The third kappa shape index (κ3) is 6.67. The van der Waals surface area contributed by atoms with E-state index in [0.717, 1.165) is 5.56 Å². The molecular weight excluding hydrogens is 424 g/mol. The smallest absolute Gasteiger partial charge is 0.325 e. The molecule has 0 saturated heterocycles. The molecule has 0 aliphatic rings. The Hall–Kier alpha value is -4.14. The van der Waals surface area contributed by atoms with Crippen molar-refractivity contribution < 1.29 is 14.3 Å². The molecule has 0 bridgehead atoms. The van der Waals surface area contributed by atoms with Gasteiger partial charge >= 0.3 is 5.69 Å². The molecule has 0 atom stereocenters. The molecule has 9 heteroatoms. The van der Waals surface area contributed by atoms with E-state index in [0.29, 0.717) is 36.0 Å². The summed E-state index contributed by atoms with van der Waals surface area (Å²) in [5.41, 5.74) is 4.61. The molecule has 0 unspecified atom stereocenters. The van der Waals surface area contributed by atoms with Crippen LogP contribution in [0.3, 0.4) is 0 Å². The molecule has 3 aromatic rings. The second-order valence-corrected chi connectivity index (χ2v) is 7.40. The Morgan fingerprint density at radius 2 is 1.79 bits per heavy atom. The summed E-state index contributed by atoms with van der Waals surface area (Å²) in [5, 5.41) is 3.94. The lowest BCUT2D eigenvalue weighted by atomic mass is 10.1. The lowest BCUT2D eigenvalue weighted by Crippen LogP contribution is -2.30. The van der Waals surface area contributed by atoms with Crippen LogP contribution in [0.4, 0.5) is 0 Å². The van der Waals surface area contributed by atoms with Gasteiger partial charge in [-0.05, 0) is 50.1 Å². The highest BCUT2D eigenvalue weighted by atomic mass is 16.5. The first-order valence-corrected chi connectivity index (χ1v) is 10.4. The molecule has 1 amide bonds. The number of nitrogens with one attached hydrogen (secondary N) is 3. The third-order valence-corrected chi connectivity index (χ3v) is 4.78.